The van der Waals surface area contributed by atoms with E-state index in [4.69, 9.17) is 22.1 Å². The molecule has 0 saturated heterocycles. The van der Waals surface area contributed by atoms with Crippen LogP contribution in [0.3, 0.4) is 0 Å². The van der Waals surface area contributed by atoms with Crippen LogP contribution in [0.25, 0.3) is 0 Å². The summed E-state index contributed by atoms with van der Waals surface area (Å²) in [6.07, 6.45) is -0.566. The van der Waals surface area contributed by atoms with Gasteiger partial charge in [-0.05, 0) is 53.8 Å². The maximum atomic E-state index is 12.4. The number of nitrogens with zero attached hydrogens (tertiary/aromatic N) is 1. The maximum absolute atomic E-state index is 12.4. The fraction of sp³-hybridized carbons (Fsp3) is 0.360. The molecule has 10 heteroatoms. The molecule has 35 heavy (non-hydrogen) atoms. The SMILES string of the molecule is CC(C)[C@H](N)C(=O)N[C@@H](C)C(=O)Nc1ccc(COC(=O)N(C)Cc2ccccc2C(=O)Cl)cc1. The molecule has 2 aromatic rings. The number of halogens is 1. The first-order valence-corrected chi connectivity index (χ1v) is 11.5. The van der Waals surface area contributed by atoms with Crippen molar-refractivity contribution in [3.05, 3.63) is 65.2 Å². The van der Waals surface area contributed by atoms with Gasteiger partial charge in [0.25, 0.3) is 5.24 Å². The van der Waals surface area contributed by atoms with E-state index in [-0.39, 0.29) is 30.9 Å². The minimum atomic E-state index is -0.761. The Morgan fingerprint density at radius 2 is 1.63 bits per heavy atom. The smallest absolute Gasteiger partial charge is 0.410 e. The Morgan fingerprint density at radius 1 is 1.00 bits per heavy atom. The molecular formula is C25H31ClN4O5. The van der Waals surface area contributed by atoms with Crippen LogP contribution in [0.4, 0.5) is 10.5 Å². The third-order valence-corrected chi connectivity index (χ3v) is 5.51. The Hall–Kier alpha value is -3.43. The molecule has 2 atom stereocenters. The van der Waals surface area contributed by atoms with Crippen LogP contribution in [0.2, 0.25) is 0 Å². The van der Waals surface area contributed by atoms with E-state index in [0.29, 0.717) is 22.4 Å². The Labute approximate surface area is 209 Å². The van der Waals surface area contributed by atoms with Crippen LogP contribution >= 0.6 is 11.6 Å². The number of carbonyl (C=O) groups excluding carboxylic acids is 4. The fourth-order valence-corrected chi connectivity index (χ4v) is 3.22. The summed E-state index contributed by atoms with van der Waals surface area (Å²) < 4.78 is 5.33. The van der Waals surface area contributed by atoms with Crippen molar-refractivity contribution in [1.82, 2.24) is 10.2 Å². The summed E-state index contributed by atoms with van der Waals surface area (Å²) in [5, 5.41) is 4.72. The van der Waals surface area contributed by atoms with Crippen LogP contribution in [0.1, 0.15) is 42.3 Å². The highest BCUT2D eigenvalue weighted by molar-refractivity contribution is 6.67. The van der Waals surface area contributed by atoms with Crippen molar-refractivity contribution in [2.24, 2.45) is 11.7 Å². The number of ether oxygens (including phenoxy) is 1. The van der Waals surface area contributed by atoms with Crippen molar-refractivity contribution >= 4 is 40.4 Å². The lowest BCUT2D eigenvalue weighted by Crippen LogP contribution is -2.50. The first kappa shape index (κ1) is 27.8. The number of nitrogens with two attached hydrogens (primary N) is 1. The van der Waals surface area contributed by atoms with Gasteiger partial charge in [-0.3, -0.25) is 14.4 Å². The molecule has 0 spiro atoms. The van der Waals surface area contributed by atoms with Gasteiger partial charge in [0.15, 0.2) is 0 Å². The van der Waals surface area contributed by atoms with Crippen molar-refractivity contribution in [3.63, 3.8) is 0 Å². The molecule has 9 nitrogen and oxygen atoms in total. The summed E-state index contributed by atoms with van der Waals surface area (Å²) in [6.45, 7) is 5.41. The molecule has 188 valence electrons. The minimum absolute atomic E-state index is 0.0209. The van der Waals surface area contributed by atoms with Crippen LogP contribution in [-0.2, 0) is 27.5 Å². The van der Waals surface area contributed by atoms with E-state index >= 15 is 0 Å². The predicted octanol–water partition coefficient (Wildman–Crippen LogP) is 3.26. The monoisotopic (exact) mass is 502 g/mol. The summed E-state index contributed by atoms with van der Waals surface area (Å²) >= 11 is 5.60. The van der Waals surface area contributed by atoms with Crippen molar-refractivity contribution in [2.45, 2.75) is 46.0 Å². The first-order chi connectivity index (χ1) is 16.5. The molecule has 0 aliphatic heterocycles. The number of carbonyl (C=O) groups is 4. The van der Waals surface area contributed by atoms with E-state index in [2.05, 4.69) is 10.6 Å². The second kappa shape index (κ2) is 12.9. The van der Waals surface area contributed by atoms with E-state index in [1.807, 2.05) is 13.8 Å². The number of anilines is 1. The number of nitrogens with one attached hydrogen (secondary N) is 2. The first-order valence-electron chi connectivity index (χ1n) is 11.1. The topological polar surface area (TPSA) is 131 Å². The lowest BCUT2D eigenvalue weighted by Gasteiger charge is -2.19. The zero-order chi connectivity index (χ0) is 26.1. The quantitative estimate of drug-likeness (QED) is 0.427. The molecule has 0 bridgehead atoms. The standard InChI is InChI=1S/C25H31ClN4O5/c1-15(2)21(27)24(33)28-16(3)23(32)29-19-11-9-17(10-12-19)14-35-25(34)30(4)13-18-7-5-6-8-20(18)22(26)31/h5-12,15-16,21H,13-14,27H2,1-4H3,(H,28,33)(H,29,32)/t16-,21-/m0/s1. The average molecular weight is 503 g/mol. The Bertz CT molecular complexity index is 1060. The average Bonchev–Trinajstić information content (AvgIpc) is 2.82. The van der Waals surface area contributed by atoms with Gasteiger partial charge in [-0.25, -0.2) is 4.79 Å². The summed E-state index contributed by atoms with van der Waals surface area (Å²) in [5.74, 6) is -0.814. The van der Waals surface area contributed by atoms with Gasteiger partial charge in [0.05, 0.1) is 6.04 Å². The van der Waals surface area contributed by atoms with Gasteiger partial charge in [-0.15, -0.1) is 0 Å². The van der Waals surface area contributed by atoms with Crippen molar-refractivity contribution in [3.8, 4) is 0 Å². The zero-order valence-corrected chi connectivity index (χ0v) is 21.0. The molecule has 4 N–H and O–H groups in total. The number of amides is 3. The van der Waals surface area contributed by atoms with Crippen LogP contribution in [0.5, 0.6) is 0 Å². The number of hydrogen-bond donors (Lipinski definition) is 3. The Balaban J connectivity index is 1.85. The van der Waals surface area contributed by atoms with E-state index in [1.54, 1.807) is 62.5 Å². The number of benzene rings is 2. The van der Waals surface area contributed by atoms with Crippen molar-refractivity contribution in [1.29, 1.82) is 0 Å². The van der Waals surface area contributed by atoms with E-state index in [0.717, 1.165) is 0 Å². The van der Waals surface area contributed by atoms with Crippen LogP contribution < -0.4 is 16.4 Å². The normalized spacial score (nSPS) is 12.4. The molecule has 3 amide bonds. The molecular weight excluding hydrogens is 472 g/mol. The number of hydrogen-bond acceptors (Lipinski definition) is 6. The molecule has 0 aliphatic rings. The van der Waals surface area contributed by atoms with Gasteiger partial charge >= 0.3 is 6.09 Å². The molecule has 0 saturated carbocycles. The van der Waals surface area contributed by atoms with Gasteiger partial charge < -0.3 is 26.0 Å². The molecule has 2 aromatic carbocycles. The highest BCUT2D eigenvalue weighted by atomic mass is 35.5. The fourth-order valence-electron chi connectivity index (χ4n) is 3.04. The van der Waals surface area contributed by atoms with Gasteiger partial charge in [-0.2, -0.15) is 0 Å². The van der Waals surface area contributed by atoms with Gasteiger partial charge in [0, 0.05) is 24.8 Å². The summed E-state index contributed by atoms with van der Waals surface area (Å²) in [4.78, 5) is 49.6. The highest BCUT2D eigenvalue weighted by Crippen LogP contribution is 2.15. The lowest BCUT2D eigenvalue weighted by molar-refractivity contribution is -0.127. The summed E-state index contributed by atoms with van der Waals surface area (Å²) in [6, 6.07) is 12.1. The summed E-state index contributed by atoms with van der Waals surface area (Å²) in [7, 11) is 1.56. The maximum Gasteiger partial charge on any atom is 0.410 e. The van der Waals surface area contributed by atoms with Gasteiger partial charge in [0.2, 0.25) is 11.8 Å². The third-order valence-electron chi connectivity index (χ3n) is 5.31. The molecule has 0 fully saturated rings. The van der Waals surface area contributed by atoms with Gasteiger partial charge in [-0.1, -0.05) is 44.2 Å². The van der Waals surface area contributed by atoms with Crippen molar-refractivity contribution < 1.29 is 23.9 Å². The van der Waals surface area contributed by atoms with Crippen LogP contribution in [0, 0.1) is 5.92 Å². The lowest BCUT2D eigenvalue weighted by atomic mass is 10.0. The highest BCUT2D eigenvalue weighted by Gasteiger charge is 2.22. The minimum Gasteiger partial charge on any atom is -0.445 e. The van der Waals surface area contributed by atoms with Crippen LogP contribution in [-0.4, -0.2) is 47.2 Å². The Kier molecular flexibility index (Phi) is 10.2. The van der Waals surface area contributed by atoms with Crippen molar-refractivity contribution in [2.75, 3.05) is 12.4 Å². The van der Waals surface area contributed by atoms with E-state index in [1.165, 1.54) is 4.90 Å². The molecule has 0 aromatic heterocycles. The van der Waals surface area contributed by atoms with E-state index < -0.39 is 23.4 Å². The second-order valence-electron chi connectivity index (χ2n) is 8.53. The van der Waals surface area contributed by atoms with E-state index in [9.17, 15) is 19.2 Å². The molecule has 0 radical (unpaired) electrons. The largest absolute Gasteiger partial charge is 0.445 e. The summed E-state index contributed by atoms with van der Waals surface area (Å²) in [5.41, 5.74) is 7.99. The van der Waals surface area contributed by atoms with Gasteiger partial charge in [0.1, 0.15) is 12.6 Å². The molecule has 2 rings (SSSR count). The third kappa shape index (κ3) is 8.38. The number of rotatable bonds is 10. The molecule has 0 heterocycles. The Morgan fingerprint density at radius 3 is 2.23 bits per heavy atom. The predicted molar refractivity (Wildman–Crippen MR) is 134 cm³/mol. The zero-order valence-electron chi connectivity index (χ0n) is 20.2. The molecule has 0 aliphatic carbocycles. The van der Waals surface area contributed by atoms with Crippen LogP contribution in [0.15, 0.2) is 48.5 Å². The molecule has 0 unspecified atom stereocenters. The second-order valence-corrected chi connectivity index (χ2v) is 8.87.